The molecule has 0 heterocycles. The van der Waals surface area contributed by atoms with Crippen LogP contribution in [0.2, 0.25) is 5.02 Å². The molecule has 0 spiro atoms. The first-order valence-corrected chi connectivity index (χ1v) is 9.61. The van der Waals surface area contributed by atoms with E-state index >= 15 is 0 Å². The van der Waals surface area contributed by atoms with E-state index in [-0.39, 0.29) is 12.5 Å². The van der Waals surface area contributed by atoms with Crippen molar-refractivity contribution < 1.29 is 14.3 Å². The zero-order valence-corrected chi connectivity index (χ0v) is 16.4. The van der Waals surface area contributed by atoms with E-state index in [1.807, 2.05) is 44.2 Å². The monoisotopic (exact) mass is 388 g/mol. The van der Waals surface area contributed by atoms with E-state index in [9.17, 15) is 4.79 Å². The molecule has 5 nitrogen and oxygen atoms in total. The Morgan fingerprint density at radius 2 is 1.85 bits per heavy atom. The molecule has 0 radical (unpaired) electrons. The Morgan fingerprint density at radius 3 is 2.52 bits per heavy atom. The molecule has 1 amide bonds. The number of carbonyl (C=O) groups excluding carboxylic acids is 1. The van der Waals surface area contributed by atoms with Crippen LogP contribution in [0.3, 0.4) is 0 Å². The maximum absolute atomic E-state index is 12.2. The van der Waals surface area contributed by atoms with Crippen LogP contribution in [0.15, 0.2) is 36.4 Å². The molecule has 0 bridgehead atoms. The molecule has 0 saturated heterocycles. The number of hydrogen-bond donors (Lipinski definition) is 2. The average Bonchev–Trinajstić information content (AvgIpc) is 3.47. The van der Waals surface area contributed by atoms with Crippen molar-refractivity contribution >= 4 is 23.2 Å². The van der Waals surface area contributed by atoms with Crippen LogP contribution in [0.4, 0.5) is 5.69 Å². The van der Waals surface area contributed by atoms with Crippen molar-refractivity contribution in [1.82, 2.24) is 5.32 Å². The third-order valence-electron chi connectivity index (χ3n) is 4.27. The van der Waals surface area contributed by atoms with Crippen molar-refractivity contribution in [1.29, 1.82) is 0 Å². The van der Waals surface area contributed by atoms with E-state index in [0.29, 0.717) is 35.7 Å². The van der Waals surface area contributed by atoms with Gasteiger partial charge in [0.25, 0.3) is 5.91 Å². The van der Waals surface area contributed by atoms with E-state index in [0.717, 1.165) is 16.8 Å². The first-order valence-electron chi connectivity index (χ1n) is 9.23. The average molecular weight is 389 g/mol. The van der Waals surface area contributed by atoms with Crippen LogP contribution >= 0.6 is 11.6 Å². The summed E-state index contributed by atoms with van der Waals surface area (Å²) in [5.41, 5.74) is 2.83. The topological polar surface area (TPSA) is 59.6 Å². The van der Waals surface area contributed by atoms with Gasteiger partial charge in [-0.15, -0.1) is 0 Å². The molecule has 2 N–H and O–H groups in total. The quantitative estimate of drug-likeness (QED) is 0.671. The SMILES string of the molecule is CCOc1cc(CNC2CC2)c(Cl)cc1OCC(=O)Nc1ccc(C)cc1. The Bertz CT molecular complexity index is 789. The predicted molar refractivity (Wildman–Crippen MR) is 108 cm³/mol. The number of rotatable bonds is 9. The number of benzene rings is 2. The van der Waals surface area contributed by atoms with Crippen LogP contribution < -0.4 is 20.1 Å². The van der Waals surface area contributed by atoms with Crippen molar-refractivity contribution in [3.8, 4) is 11.5 Å². The molecule has 6 heteroatoms. The Labute approximate surface area is 165 Å². The van der Waals surface area contributed by atoms with Gasteiger partial charge in [-0.1, -0.05) is 29.3 Å². The minimum absolute atomic E-state index is 0.121. The smallest absolute Gasteiger partial charge is 0.262 e. The van der Waals surface area contributed by atoms with Gasteiger partial charge in [-0.25, -0.2) is 0 Å². The fourth-order valence-corrected chi connectivity index (χ4v) is 2.83. The van der Waals surface area contributed by atoms with Crippen LogP contribution in [-0.4, -0.2) is 25.2 Å². The molecule has 144 valence electrons. The molecule has 0 unspecified atom stereocenters. The number of carbonyl (C=O) groups is 1. The van der Waals surface area contributed by atoms with Gasteiger partial charge in [-0.05, 0) is 50.5 Å². The lowest BCUT2D eigenvalue weighted by atomic mass is 10.2. The second-order valence-electron chi connectivity index (χ2n) is 6.68. The van der Waals surface area contributed by atoms with Gasteiger partial charge in [0.2, 0.25) is 0 Å². The normalized spacial score (nSPS) is 13.3. The van der Waals surface area contributed by atoms with E-state index < -0.39 is 0 Å². The highest BCUT2D eigenvalue weighted by Crippen LogP contribution is 2.34. The van der Waals surface area contributed by atoms with Crippen LogP contribution in [0.1, 0.15) is 30.9 Å². The summed E-state index contributed by atoms with van der Waals surface area (Å²) in [5, 5.41) is 6.85. The zero-order valence-electron chi connectivity index (χ0n) is 15.7. The van der Waals surface area contributed by atoms with E-state index in [1.165, 1.54) is 12.8 Å². The summed E-state index contributed by atoms with van der Waals surface area (Å²) in [7, 11) is 0. The molecule has 0 aliphatic heterocycles. The van der Waals surface area contributed by atoms with Gasteiger partial charge in [0.05, 0.1) is 6.61 Å². The lowest BCUT2D eigenvalue weighted by molar-refractivity contribution is -0.118. The third-order valence-corrected chi connectivity index (χ3v) is 4.62. The van der Waals surface area contributed by atoms with Gasteiger partial charge in [-0.3, -0.25) is 4.79 Å². The zero-order chi connectivity index (χ0) is 19.2. The lowest BCUT2D eigenvalue weighted by Gasteiger charge is -2.15. The second kappa shape index (κ2) is 9.11. The maximum Gasteiger partial charge on any atom is 0.262 e. The van der Waals surface area contributed by atoms with E-state index in [2.05, 4.69) is 10.6 Å². The van der Waals surface area contributed by atoms with Crippen LogP contribution in [-0.2, 0) is 11.3 Å². The molecule has 2 aromatic carbocycles. The molecular weight excluding hydrogens is 364 g/mol. The van der Waals surface area contributed by atoms with Crippen molar-refractivity contribution in [3.63, 3.8) is 0 Å². The Balaban J connectivity index is 1.62. The Kier molecular flexibility index (Phi) is 6.58. The molecule has 0 aromatic heterocycles. The summed E-state index contributed by atoms with van der Waals surface area (Å²) in [4.78, 5) is 12.2. The summed E-state index contributed by atoms with van der Waals surface area (Å²) in [6.07, 6.45) is 2.43. The number of amides is 1. The van der Waals surface area contributed by atoms with Crippen LogP contribution in [0.25, 0.3) is 0 Å². The van der Waals surface area contributed by atoms with Gasteiger partial charge in [0, 0.05) is 29.4 Å². The highest BCUT2D eigenvalue weighted by molar-refractivity contribution is 6.31. The second-order valence-corrected chi connectivity index (χ2v) is 7.09. The number of aryl methyl sites for hydroxylation is 1. The van der Waals surface area contributed by atoms with Gasteiger partial charge in [-0.2, -0.15) is 0 Å². The Hall–Kier alpha value is -2.24. The van der Waals surface area contributed by atoms with Crippen molar-refractivity contribution in [2.24, 2.45) is 0 Å². The number of halogens is 1. The van der Waals surface area contributed by atoms with Gasteiger partial charge >= 0.3 is 0 Å². The Morgan fingerprint density at radius 1 is 1.15 bits per heavy atom. The summed E-state index contributed by atoms with van der Waals surface area (Å²) < 4.78 is 11.4. The summed E-state index contributed by atoms with van der Waals surface area (Å²) >= 11 is 6.39. The standard InChI is InChI=1S/C21H25ClN2O3/c1-3-26-19-10-15(12-23-16-8-9-16)18(22)11-20(19)27-13-21(25)24-17-6-4-14(2)5-7-17/h4-7,10-11,16,23H,3,8-9,12-13H2,1-2H3,(H,24,25). The number of anilines is 1. The fraction of sp³-hybridized carbons (Fsp3) is 0.381. The van der Waals surface area contributed by atoms with Crippen molar-refractivity contribution in [2.45, 2.75) is 39.3 Å². The molecule has 1 fully saturated rings. The molecular formula is C21H25ClN2O3. The van der Waals surface area contributed by atoms with Crippen molar-refractivity contribution in [3.05, 3.63) is 52.5 Å². The summed E-state index contributed by atoms with van der Waals surface area (Å²) in [5.74, 6) is 0.825. The third kappa shape index (κ3) is 5.88. The first-order chi connectivity index (χ1) is 13.0. The van der Waals surface area contributed by atoms with E-state index in [4.69, 9.17) is 21.1 Å². The number of nitrogens with one attached hydrogen (secondary N) is 2. The number of ether oxygens (including phenoxy) is 2. The molecule has 1 aliphatic rings. The summed E-state index contributed by atoms with van der Waals surface area (Å²) in [6, 6.07) is 11.8. The molecule has 0 atom stereocenters. The summed E-state index contributed by atoms with van der Waals surface area (Å²) in [6.45, 7) is 4.98. The molecule has 1 aliphatic carbocycles. The lowest BCUT2D eigenvalue weighted by Crippen LogP contribution is -2.20. The predicted octanol–water partition coefficient (Wildman–Crippen LogP) is 4.32. The first kappa shape index (κ1) is 19.5. The van der Waals surface area contributed by atoms with Gasteiger partial charge in [0.1, 0.15) is 0 Å². The molecule has 1 saturated carbocycles. The maximum atomic E-state index is 12.2. The van der Waals surface area contributed by atoms with Crippen LogP contribution in [0.5, 0.6) is 11.5 Å². The van der Waals surface area contributed by atoms with Crippen LogP contribution in [0, 0.1) is 6.92 Å². The van der Waals surface area contributed by atoms with Gasteiger partial charge in [0.15, 0.2) is 18.1 Å². The molecule has 27 heavy (non-hydrogen) atoms. The highest BCUT2D eigenvalue weighted by Gasteiger charge is 2.21. The minimum atomic E-state index is -0.239. The minimum Gasteiger partial charge on any atom is -0.490 e. The molecule has 2 aromatic rings. The van der Waals surface area contributed by atoms with E-state index in [1.54, 1.807) is 6.07 Å². The van der Waals surface area contributed by atoms with Crippen molar-refractivity contribution in [2.75, 3.05) is 18.5 Å². The molecule has 3 rings (SSSR count). The largest absolute Gasteiger partial charge is 0.490 e. The number of hydrogen-bond acceptors (Lipinski definition) is 4. The fourth-order valence-electron chi connectivity index (χ4n) is 2.61. The van der Waals surface area contributed by atoms with Gasteiger partial charge < -0.3 is 20.1 Å². The highest BCUT2D eigenvalue weighted by atomic mass is 35.5.